The van der Waals surface area contributed by atoms with Gasteiger partial charge in [0.2, 0.25) is 0 Å². The van der Waals surface area contributed by atoms with Crippen molar-refractivity contribution in [1.82, 2.24) is 24.9 Å². The number of hydrogen-bond acceptors (Lipinski definition) is 7. The van der Waals surface area contributed by atoms with Crippen molar-refractivity contribution in [2.24, 2.45) is 0 Å². The summed E-state index contributed by atoms with van der Waals surface area (Å²) in [6.45, 7) is 1.84. The highest BCUT2D eigenvalue weighted by Gasteiger charge is 2.19. The number of anilines is 1. The number of nitrogens with zero attached hydrogens (tertiary/aromatic N) is 5. The van der Waals surface area contributed by atoms with E-state index in [0.29, 0.717) is 17.0 Å². The number of carbonyl (C=O) groups is 1. The molecule has 0 bridgehead atoms. The molecule has 4 rings (SSSR count). The highest BCUT2D eigenvalue weighted by Crippen LogP contribution is 2.26. The van der Waals surface area contributed by atoms with Gasteiger partial charge in [-0.1, -0.05) is 23.4 Å². The maximum absolute atomic E-state index is 14.2. The van der Waals surface area contributed by atoms with Gasteiger partial charge in [0.05, 0.1) is 25.0 Å². The van der Waals surface area contributed by atoms with Crippen LogP contribution in [0.2, 0.25) is 0 Å². The van der Waals surface area contributed by atoms with E-state index in [1.165, 1.54) is 17.0 Å². The van der Waals surface area contributed by atoms with Crippen molar-refractivity contribution >= 4 is 11.9 Å². The third-order valence-electron chi connectivity index (χ3n) is 4.23. The summed E-state index contributed by atoms with van der Waals surface area (Å²) >= 11 is 0. The van der Waals surface area contributed by atoms with Crippen molar-refractivity contribution in [3.05, 3.63) is 66.1 Å². The highest BCUT2D eigenvalue weighted by atomic mass is 19.1. The van der Waals surface area contributed by atoms with E-state index >= 15 is 0 Å². The lowest BCUT2D eigenvalue weighted by Gasteiger charge is -2.07. The van der Waals surface area contributed by atoms with Crippen molar-refractivity contribution in [2.75, 3.05) is 11.9 Å². The first-order valence-electron chi connectivity index (χ1n) is 9.24. The van der Waals surface area contributed by atoms with Gasteiger partial charge in [0.1, 0.15) is 23.5 Å². The number of rotatable bonds is 6. The number of amides is 1. The summed E-state index contributed by atoms with van der Waals surface area (Å²) in [6, 6.07) is 9.54. The summed E-state index contributed by atoms with van der Waals surface area (Å²) in [5.41, 5.74) is 1.65. The lowest BCUT2D eigenvalue weighted by molar-refractivity contribution is 0.167. The Bertz CT molecular complexity index is 1210. The minimum absolute atomic E-state index is 0.0465. The molecule has 0 unspecified atom stereocenters. The second kappa shape index (κ2) is 8.69. The molecule has 9 nitrogen and oxygen atoms in total. The third kappa shape index (κ3) is 4.39. The molecule has 0 aliphatic rings. The molecule has 0 aliphatic carbocycles. The van der Waals surface area contributed by atoms with Crippen LogP contribution in [0.1, 0.15) is 12.5 Å². The van der Waals surface area contributed by atoms with Gasteiger partial charge in [-0.15, -0.1) is 0 Å². The topological polar surface area (TPSA) is 108 Å². The van der Waals surface area contributed by atoms with Gasteiger partial charge in [-0.2, -0.15) is 5.10 Å². The Morgan fingerprint density at radius 3 is 2.77 bits per heavy atom. The van der Waals surface area contributed by atoms with Gasteiger partial charge < -0.3 is 9.26 Å². The van der Waals surface area contributed by atoms with Gasteiger partial charge >= 0.3 is 6.09 Å². The zero-order valence-corrected chi connectivity index (χ0v) is 16.2. The van der Waals surface area contributed by atoms with E-state index in [4.69, 9.17) is 9.26 Å². The lowest BCUT2D eigenvalue weighted by Crippen LogP contribution is -2.16. The number of aromatic nitrogens is 5. The third-order valence-corrected chi connectivity index (χ3v) is 4.23. The maximum Gasteiger partial charge on any atom is 0.412 e. The van der Waals surface area contributed by atoms with Crippen LogP contribution in [0.5, 0.6) is 0 Å². The van der Waals surface area contributed by atoms with Crippen molar-refractivity contribution in [3.8, 4) is 22.9 Å². The summed E-state index contributed by atoms with van der Waals surface area (Å²) in [5.74, 6) is -1.52. The predicted molar refractivity (Wildman–Crippen MR) is 105 cm³/mol. The van der Waals surface area contributed by atoms with Crippen LogP contribution < -0.4 is 5.32 Å². The Kier molecular flexibility index (Phi) is 5.65. The Balaban J connectivity index is 1.73. The Hall–Kier alpha value is -4.15. The van der Waals surface area contributed by atoms with E-state index in [1.54, 1.807) is 37.3 Å². The molecule has 158 valence electrons. The smallest absolute Gasteiger partial charge is 0.412 e. The van der Waals surface area contributed by atoms with Gasteiger partial charge in [0, 0.05) is 11.6 Å². The van der Waals surface area contributed by atoms with E-state index in [0.717, 1.165) is 6.20 Å². The number of benzene rings is 1. The van der Waals surface area contributed by atoms with Crippen LogP contribution in [0.15, 0.2) is 53.4 Å². The fraction of sp³-hybridized carbons (Fsp3) is 0.150. The SMILES string of the molecule is CCOC(=O)Nc1nc(-c2cc(-c3ccon3)n(Cc3ccccc3F)n2)ncc1F. The van der Waals surface area contributed by atoms with Gasteiger partial charge in [0.15, 0.2) is 17.5 Å². The Morgan fingerprint density at radius 1 is 1.19 bits per heavy atom. The summed E-state index contributed by atoms with van der Waals surface area (Å²) in [4.78, 5) is 19.6. The maximum atomic E-state index is 14.2. The zero-order chi connectivity index (χ0) is 21.8. The van der Waals surface area contributed by atoms with Crippen molar-refractivity contribution in [3.63, 3.8) is 0 Å². The van der Waals surface area contributed by atoms with Crippen molar-refractivity contribution in [1.29, 1.82) is 0 Å². The van der Waals surface area contributed by atoms with E-state index in [1.807, 2.05) is 0 Å². The molecule has 0 saturated heterocycles. The standard InChI is InChI=1S/C20H16F2N6O3/c1-2-30-20(29)25-18-14(22)10-23-19(24-18)16-9-17(15-7-8-31-27-15)28(26-16)11-12-5-3-4-6-13(12)21/h3-10H,2,11H2,1H3,(H,23,24,25,29). The quantitative estimate of drug-likeness (QED) is 0.498. The zero-order valence-electron chi connectivity index (χ0n) is 16.2. The van der Waals surface area contributed by atoms with E-state index in [-0.39, 0.29) is 36.3 Å². The number of halogens is 2. The number of ether oxygens (including phenoxy) is 1. The molecule has 3 heterocycles. The Morgan fingerprint density at radius 2 is 2.03 bits per heavy atom. The molecule has 0 atom stereocenters. The summed E-state index contributed by atoms with van der Waals surface area (Å²) in [6.07, 6.45) is 1.46. The van der Waals surface area contributed by atoms with Crippen molar-refractivity contribution < 1.29 is 22.8 Å². The van der Waals surface area contributed by atoms with Crippen LogP contribution in [-0.4, -0.2) is 37.6 Å². The number of hydrogen-bond donors (Lipinski definition) is 1. The molecule has 11 heteroatoms. The van der Waals surface area contributed by atoms with Gasteiger partial charge in [-0.25, -0.2) is 23.5 Å². The molecule has 0 fully saturated rings. The molecule has 0 aliphatic heterocycles. The molecule has 1 aromatic carbocycles. The average Bonchev–Trinajstić information content (AvgIpc) is 3.41. The average molecular weight is 426 g/mol. The van der Waals surface area contributed by atoms with Crippen LogP contribution >= 0.6 is 0 Å². The molecule has 1 amide bonds. The lowest BCUT2D eigenvalue weighted by atomic mass is 10.2. The molecule has 0 saturated carbocycles. The molecular weight excluding hydrogens is 410 g/mol. The Labute approximate surface area is 174 Å². The predicted octanol–water partition coefficient (Wildman–Crippen LogP) is 3.89. The first-order chi connectivity index (χ1) is 15.0. The van der Waals surface area contributed by atoms with Gasteiger partial charge in [-0.3, -0.25) is 10.00 Å². The minimum atomic E-state index is -0.848. The van der Waals surface area contributed by atoms with E-state index in [9.17, 15) is 13.6 Å². The van der Waals surface area contributed by atoms with Gasteiger partial charge in [0.25, 0.3) is 0 Å². The monoisotopic (exact) mass is 426 g/mol. The summed E-state index contributed by atoms with van der Waals surface area (Å²) < 4.78 is 39.4. The molecule has 3 aromatic heterocycles. The van der Waals surface area contributed by atoms with E-state index in [2.05, 4.69) is 25.5 Å². The second-order valence-corrected chi connectivity index (χ2v) is 6.28. The molecule has 4 aromatic rings. The van der Waals surface area contributed by atoms with Crippen LogP contribution in [0.25, 0.3) is 22.9 Å². The van der Waals surface area contributed by atoms with Crippen LogP contribution in [0, 0.1) is 11.6 Å². The number of nitrogens with one attached hydrogen (secondary N) is 1. The molecule has 0 radical (unpaired) electrons. The molecule has 1 N–H and O–H groups in total. The fourth-order valence-electron chi connectivity index (χ4n) is 2.83. The first-order valence-corrected chi connectivity index (χ1v) is 9.24. The minimum Gasteiger partial charge on any atom is -0.450 e. The van der Waals surface area contributed by atoms with Crippen LogP contribution in [0.4, 0.5) is 19.4 Å². The molecule has 0 spiro atoms. The summed E-state index contributed by atoms with van der Waals surface area (Å²) in [7, 11) is 0. The first kappa shape index (κ1) is 20.1. The van der Waals surface area contributed by atoms with Crippen molar-refractivity contribution in [2.45, 2.75) is 13.5 Å². The normalized spacial score (nSPS) is 10.8. The largest absolute Gasteiger partial charge is 0.450 e. The van der Waals surface area contributed by atoms with Crippen LogP contribution in [0.3, 0.4) is 0 Å². The molecular formula is C20H16F2N6O3. The second-order valence-electron chi connectivity index (χ2n) is 6.28. The fourth-order valence-corrected chi connectivity index (χ4v) is 2.83. The number of carbonyl (C=O) groups excluding carboxylic acids is 1. The van der Waals surface area contributed by atoms with Gasteiger partial charge in [-0.05, 0) is 19.1 Å². The van der Waals surface area contributed by atoms with Crippen LogP contribution in [-0.2, 0) is 11.3 Å². The molecule has 31 heavy (non-hydrogen) atoms. The van der Waals surface area contributed by atoms with E-state index < -0.39 is 11.9 Å². The highest BCUT2D eigenvalue weighted by molar-refractivity contribution is 5.83. The summed E-state index contributed by atoms with van der Waals surface area (Å²) in [5, 5.41) is 10.6.